The molecule has 3 atom stereocenters. The zero-order valence-corrected chi connectivity index (χ0v) is 10.7. The quantitative estimate of drug-likeness (QED) is 0.792. The summed E-state index contributed by atoms with van der Waals surface area (Å²) in [5, 5.41) is 0. The number of amides is 1. The summed E-state index contributed by atoms with van der Waals surface area (Å²) in [4.78, 5) is 18.4. The maximum atomic E-state index is 12.4. The van der Waals surface area contributed by atoms with Crippen molar-refractivity contribution < 1.29 is 4.79 Å². The summed E-state index contributed by atoms with van der Waals surface area (Å²) in [5.74, 6) is 1.37. The van der Waals surface area contributed by atoms with Crippen LogP contribution in [-0.4, -0.2) is 39.5 Å². The van der Waals surface area contributed by atoms with E-state index in [0.29, 0.717) is 23.6 Å². The molecule has 0 aromatic carbocycles. The lowest BCUT2D eigenvalue weighted by molar-refractivity contribution is 0.0774. The van der Waals surface area contributed by atoms with E-state index in [1.165, 1.54) is 6.42 Å². The summed E-state index contributed by atoms with van der Waals surface area (Å²) in [5.41, 5.74) is 6.69. The van der Waals surface area contributed by atoms with Gasteiger partial charge in [-0.3, -0.25) is 4.79 Å². The van der Waals surface area contributed by atoms with Crippen LogP contribution in [0.3, 0.4) is 0 Å². The van der Waals surface area contributed by atoms with Crippen molar-refractivity contribution in [1.29, 1.82) is 0 Å². The number of fused-ring (bicyclic) bond motifs is 1. The number of aryl methyl sites for hydroxylation is 1. The van der Waals surface area contributed by atoms with Crippen LogP contribution in [-0.2, 0) is 7.05 Å². The number of carbonyl (C=O) groups is 1. The van der Waals surface area contributed by atoms with Crippen LogP contribution in [0.2, 0.25) is 0 Å². The van der Waals surface area contributed by atoms with Crippen molar-refractivity contribution in [3.63, 3.8) is 0 Å². The zero-order valence-electron chi connectivity index (χ0n) is 10.7. The molecule has 1 aromatic rings. The van der Waals surface area contributed by atoms with Crippen molar-refractivity contribution in [2.45, 2.75) is 25.3 Å². The summed E-state index contributed by atoms with van der Waals surface area (Å²) < 4.78 is 1.79. The minimum atomic E-state index is 0.109. The number of nitrogens with zero attached hydrogens (tertiary/aromatic N) is 3. The van der Waals surface area contributed by atoms with Gasteiger partial charge in [0, 0.05) is 26.2 Å². The maximum absolute atomic E-state index is 12.4. The topological polar surface area (TPSA) is 64.2 Å². The number of nitrogens with two attached hydrogens (primary N) is 1. The molecule has 1 aliphatic heterocycles. The molecule has 1 aromatic heterocycles. The highest BCUT2D eigenvalue weighted by molar-refractivity contribution is 5.92. The van der Waals surface area contributed by atoms with Gasteiger partial charge in [0.1, 0.15) is 5.69 Å². The second-order valence-corrected chi connectivity index (χ2v) is 5.69. The minimum absolute atomic E-state index is 0.109. The van der Waals surface area contributed by atoms with Crippen LogP contribution in [0.15, 0.2) is 12.5 Å². The second kappa shape index (κ2) is 4.39. The molecule has 98 valence electrons. The van der Waals surface area contributed by atoms with Crippen molar-refractivity contribution in [2.24, 2.45) is 24.6 Å². The van der Waals surface area contributed by atoms with Gasteiger partial charge in [-0.1, -0.05) is 0 Å². The maximum Gasteiger partial charge on any atom is 0.272 e. The molecule has 0 radical (unpaired) electrons. The molecule has 1 amide bonds. The van der Waals surface area contributed by atoms with Crippen molar-refractivity contribution in [3.8, 4) is 0 Å². The Balaban J connectivity index is 1.72. The molecule has 18 heavy (non-hydrogen) atoms. The molecule has 2 heterocycles. The Morgan fingerprint density at radius 1 is 1.39 bits per heavy atom. The predicted molar refractivity (Wildman–Crippen MR) is 67.9 cm³/mol. The van der Waals surface area contributed by atoms with Crippen molar-refractivity contribution >= 4 is 5.91 Å². The van der Waals surface area contributed by atoms with Crippen LogP contribution in [0.1, 0.15) is 29.8 Å². The fourth-order valence-corrected chi connectivity index (χ4v) is 3.36. The molecule has 1 aliphatic carbocycles. The van der Waals surface area contributed by atoms with E-state index in [0.717, 1.165) is 25.9 Å². The lowest BCUT2D eigenvalue weighted by atomic mass is 9.79. The molecule has 0 spiro atoms. The first-order valence-corrected chi connectivity index (χ1v) is 6.66. The molecule has 2 aliphatic rings. The monoisotopic (exact) mass is 248 g/mol. The highest BCUT2D eigenvalue weighted by atomic mass is 16.2. The van der Waals surface area contributed by atoms with Gasteiger partial charge in [-0.25, -0.2) is 4.98 Å². The predicted octanol–water partition coefficient (Wildman–Crippen LogP) is 0.620. The molecular weight excluding hydrogens is 228 g/mol. The summed E-state index contributed by atoms with van der Waals surface area (Å²) in [6.07, 6.45) is 6.66. The van der Waals surface area contributed by atoms with E-state index in [-0.39, 0.29) is 5.91 Å². The highest BCUT2D eigenvalue weighted by Crippen LogP contribution is 2.36. The van der Waals surface area contributed by atoms with E-state index in [1.54, 1.807) is 17.1 Å². The summed E-state index contributed by atoms with van der Waals surface area (Å²) in [6, 6.07) is 0.331. The van der Waals surface area contributed by atoms with Gasteiger partial charge in [0.05, 0.1) is 12.5 Å². The molecule has 1 saturated heterocycles. The molecule has 1 saturated carbocycles. The summed E-state index contributed by atoms with van der Waals surface area (Å²) in [7, 11) is 1.86. The number of carbonyl (C=O) groups excluding carboxylic acids is 1. The minimum Gasteiger partial charge on any atom is -0.337 e. The van der Waals surface area contributed by atoms with Crippen LogP contribution < -0.4 is 5.73 Å². The van der Waals surface area contributed by atoms with E-state index in [2.05, 4.69) is 4.98 Å². The Bertz CT molecular complexity index is 456. The van der Waals surface area contributed by atoms with Gasteiger partial charge in [0.15, 0.2) is 0 Å². The summed E-state index contributed by atoms with van der Waals surface area (Å²) >= 11 is 0. The van der Waals surface area contributed by atoms with Crippen LogP contribution >= 0.6 is 0 Å². The van der Waals surface area contributed by atoms with Gasteiger partial charge in [-0.05, 0) is 31.1 Å². The molecule has 5 heteroatoms. The number of hydrogen-bond donors (Lipinski definition) is 1. The number of rotatable bonds is 1. The number of aromatic nitrogens is 2. The standard InChI is InChI=1S/C13H20N4O/c1-16-8-15-5-12(16)13(18)17-6-9-2-3-11(14)4-10(9)7-17/h5,8-11H,2-4,6-7,14H2,1H3/t9-,10+,11?/m1/s1. The highest BCUT2D eigenvalue weighted by Gasteiger charge is 2.39. The molecule has 5 nitrogen and oxygen atoms in total. The number of hydrogen-bond acceptors (Lipinski definition) is 3. The molecule has 2 fully saturated rings. The number of imidazole rings is 1. The SMILES string of the molecule is Cn1cncc1C(=O)N1C[C@H]2CCC(N)C[C@H]2C1. The van der Waals surface area contributed by atoms with E-state index >= 15 is 0 Å². The Morgan fingerprint density at radius 3 is 2.89 bits per heavy atom. The average Bonchev–Trinajstić information content (AvgIpc) is 2.93. The molecule has 0 bridgehead atoms. The van der Waals surface area contributed by atoms with Gasteiger partial charge in [-0.15, -0.1) is 0 Å². The Hall–Kier alpha value is -1.36. The zero-order chi connectivity index (χ0) is 12.7. The van der Waals surface area contributed by atoms with Crippen LogP contribution in [0.4, 0.5) is 0 Å². The van der Waals surface area contributed by atoms with E-state index in [1.807, 2.05) is 11.9 Å². The normalized spacial score (nSPS) is 31.4. The first kappa shape index (κ1) is 11.7. The van der Waals surface area contributed by atoms with Gasteiger partial charge in [0.25, 0.3) is 5.91 Å². The summed E-state index contributed by atoms with van der Waals surface area (Å²) in [6.45, 7) is 1.75. The van der Waals surface area contributed by atoms with Crippen LogP contribution in [0.25, 0.3) is 0 Å². The van der Waals surface area contributed by atoms with Crippen molar-refractivity contribution in [1.82, 2.24) is 14.5 Å². The third kappa shape index (κ3) is 1.92. The largest absolute Gasteiger partial charge is 0.337 e. The van der Waals surface area contributed by atoms with E-state index < -0.39 is 0 Å². The van der Waals surface area contributed by atoms with Gasteiger partial charge >= 0.3 is 0 Å². The first-order valence-electron chi connectivity index (χ1n) is 6.66. The third-order valence-electron chi connectivity index (χ3n) is 4.41. The van der Waals surface area contributed by atoms with E-state index in [9.17, 15) is 4.79 Å². The number of likely N-dealkylation sites (tertiary alicyclic amines) is 1. The van der Waals surface area contributed by atoms with Gasteiger partial charge in [-0.2, -0.15) is 0 Å². The first-order chi connectivity index (χ1) is 8.65. The van der Waals surface area contributed by atoms with E-state index in [4.69, 9.17) is 5.73 Å². The Kier molecular flexibility index (Phi) is 2.86. The fraction of sp³-hybridized carbons (Fsp3) is 0.692. The molecular formula is C13H20N4O. The molecule has 1 unspecified atom stereocenters. The lowest BCUT2D eigenvalue weighted by Crippen LogP contribution is -2.32. The Labute approximate surface area is 107 Å². The third-order valence-corrected chi connectivity index (χ3v) is 4.41. The molecule has 2 N–H and O–H groups in total. The fourth-order valence-electron chi connectivity index (χ4n) is 3.36. The smallest absolute Gasteiger partial charge is 0.272 e. The van der Waals surface area contributed by atoms with Crippen LogP contribution in [0.5, 0.6) is 0 Å². The van der Waals surface area contributed by atoms with Gasteiger partial charge in [0.2, 0.25) is 0 Å². The van der Waals surface area contributed by atoms with Crippen molar-refractivity contribution in [3.05, 3.63) is 18.2 Å². The van der Waals surface area contributed by atoms with Crippen molar-refractivity contribution in [2.75, 3.05) is 13.1 Å². The van der Waals surface area contributed by atoms with Gasteiger partial charge < -0.3 is 15.2 Å². The Morgan fingerprint density at radius 2 is 2.17 bits per heavy atom. The second-order valence-electron chi connectivity index (χ2n) is 5.69. The molecule has 3 rings (SSSR count). The van der Waals surface area contributed by atoms with Crippen LogP contribution in [0, 0.1) is 11.8 Å². The average molecular weight is 248 g/mol. The lowest BCUT2D eigenvalue weighted by Gasteiger charge is -2.27.